The first-order chi connectivity index (χ1) is 18.4. The van der Waals surface area contributed by atoms with Gasteiger partial charge in [0, 0.05) is 29.1 Å². The van der Waals surface area contributed by atoms with Gasteiger partial charge >= 0.3 is 6.01 Å². The molecule has 2 saturated heterocycles. The van der Waals surface area contributed by atoms with Crippen LogP contribution < -0.4 is 10.5 Å². The smallest absolute Gasteiger partial charge is 0.317 e. The molecule has 0 spiro atoms. The molecule has 4 aromatic rings. The van der Waals surface area contributed by atoms with E-state index in [9.17, 15) is 9.65 Å². The van der Waals surface area contributed by atoms with E-state index in [1.54, 1.807) is 6.20 Å². The molecule has 192 valence electrons. The first-order valence-electron chi connectivity index (χ1n) is 12.4. The lowest BCUT2D eigenvalue weighted by Crippen LogP contribution is -2.43. The van der Waals surface area contributed by atoms with Crippen LogP contribution in [0.5, 0.6) is 6.01 Å². The molecule has 38 heavy (non-hydrogen) atoms. The highest BCUT2D eigenvalue weighted by molar-refractivity contribution is 7.23. The average Bonchev–Trinajstić information content (AvgIpc) is 3.66. The van der Waals surface area contributed by atoms with Crippen molar-refractivity contribution in [2.24, 2.45) is 0 Å². The Hall–Kier alpha value is -3.65. The Morgan fingerprint density at radius 2 is 2.13 bits per heavy atom. The fourth-order valence-corrected chi connectivity index (χ4v) is 7.35. The number of nitrogens with zero attached hydrogens (tertiary/aromatic N) is 4. The minimum Gasteiger partial charge on any atom is -0.461 e. The van der Waals surface area contributed by atoms with Crippen LogP contribution in [0.1, 0.15) is 36.0 Å². The van der Waals surface area contributed by atoms with E-state index >= 15 is 4.39 Å². The summed E-state index contributed by atoms with van der Waals surface area (Å²) in [7, 11) is 0. The maximum absolute atomic E-state index is 16.4. The number of fused-ring (bicyclic) bond motifs is 5. The van der Waals surface area contributed by atoms with Crippen molar-refractivity contribution in [3.8, 4) is 23.2 Å². The van der Waals surface area contributed by atoms with E-state index < -0.39 is 11.6 Å². The van der Waals surface area contributed by atoms with Crippen molar-refractivity contribution in [3.63, 3.8) is 0 Å². The van der Waals surface area contributed by atoms with E-state index in [0.29, 0.717) is 28.5 Å². The van der Waals surface area contributed by atoms with Crippen molar-refractivity contribution in [2.45, 2.75) is 38.0 Å². The predicted octanol–water partition coefficient (Wildman–Crippen LogP) is 5.45. The van der Waals surface area contributed by atoms with Gasteiger partial charge in [-0.25, -0.2) is 13.8 Å². The summed E-state index contributed by atoms with van der Waals surface area (Å²) in [6.07, 6.45) is 4.56. The molecule has 2 aromatic heterocycles. The molecular weight excluding hydrogens is 508 g/mol. The first-order valence-corrected chi connectivity index (χ1v) is 13.2. The van der Waals surface area contributed by atoms with E-state index in [1.165, 1.54) is 17.7 Å². The molecule has 3 aliphatic heterocycles. The zero-order valence-electron chi connectivity index (χ0n) is 20.4. The number of aromatic nitrogens is 2. The fraction of sp³-hybridized carbons (Fsp3) is 0.321. The molecule has 0 radical (unpaired) electrons. The van der Waals surface area contributed by atoms with E-state index in [0.717, 1.165) is 49.3 Å². The summed E-state index contributed by atoms with van der Waals surface area (Å²) < 4.78 is 43.2. The van der Waals surface area contributed by atoms with Crippen LogP contribution in [0.3, 0.4) is 0 Å². The molecule has 7 nitrogen and oxygen atoms in total. The highest BCUT2D eigenvalue weighted by atomic mass is 32.1. The predicted molar refractivity (Wildman–Crippen MR) is 141 cm³/mol. The molecule has 0 unspecified atom stereocenters. The second-order valence-electron chi connectivity index (χ2n) is 10.3. The van der Waals surface area contributed by atoms with Crippen LogP contribution in [0.25, 0.3) is 32.1 Å². The van der Waals surface area contributed by atoms with Crippen molar-refractivity contribution < 1.29 is 18.3 Å². The molecule has 10 heteroatoms. The third-order valence-corrected chi connectivity index (χ3v) is 9.11. The first kappa shape index (κ1) is 23.5. The third-order valence-electron chi connectivity index (χ3n) is 8.08. The van der Waals surface area contributed by atoms with E-state index in [1.807, 2.05) is 0 Å². The SMILES string of the molecule is C=C1CN2CCC[C@]2(COc2ncc3c4c(c(-c5ccc(F)c6sc(N)c(C#N)c56)c(F)c3n2)COC4)C1. The van der Waals surface area contributed by atoms with Crippen molar-refractivity contribution in [1.29, 1.82) is 5.26 Å². The van der Waals surface area contributed by atoms with E-state index in [4.69, 9.17) is 15.2 Å². The average molecular weight is 532 g/mol. The third kappa shape index (κ3) is 3.29. The standard InChI is InChI=1S/C28H23F2N5O2S/c1-14-7-28(5-2-6-35(28)10-14)13-37-27-33-9-17-18-11-36-12-19(18)21(23(30)24(17)34-27)15-3-4-20(29)25-22(15)16(8-31)26(32)38-25/h3-4,9H,1-2,5-7,10-13,32H2/t28-/m1/s1. The van der Waals surface area contributed by atoms with E-state index in [2.05, 4.69) is 27.5 Å². The van der Waals surface area contributed by atoms with Crippen LogP contribution >= 0.6 is 11.3 Å². The molecule has 3 aliphatic rings. The lowest BCUT2D eigenvalue weighted by Gasteiger charge is -2.30. The molecule has 2 aromatic carbocycles. The number of nitrogen functional groups attached to an aromatic ring is 1. The summed E-state index contributed by atoms with van der Waals surface area (Å²) in [6, 6.07) is 4.93. The van der Waals surface area contributed by atoms with Gasteiger partial charge in [-0.15, -0.1) is 11.3 Å². The van der Waals surface area contributed by atoms with Gasteiger partial charge < -0.3 is 15.2 Å². The van der Waals surface area contributed by atoms with Crippen molar-refractivity contribution in [2.75, 3.05) is 25.4 Å². The summed E-state index contributed by atoms with van der Waals surface area (Å²) >= 11 is 0.980. The Labute approximate surface area is 221 Å². The van der Waals surface area contributed by atoms with Gasteiger partial charge in [0.15, 0.2) is 5.82 Å². The molecule has 0 aliphatic carbocycles. The number of ether oxygens (including phenoxy) is 2. The fourth-order valence-electron chi connectivity index (χ4n) is 6.40. The Bertz CT molecular complexity index is 1730. The van der Waals surface area contributed by atoms with Gasteiger partial charge in [0.2, 0.25) is 0 Å². The van der Waals surface area contributed by atoms with Gasteiger partial charge in [0.05, 0.1) is 29.0 Å². The maximum Gasteiger partial charge on any atom is 0.317 e. The van der Waals surface area contributed by atoms with Gasteiger partial charge in [0.25, 0.3) is 0 Å². The molecule has 0 bridgehead atoms. The zero-order chi connectivity index (χ0) is 26.2. The maximum atomic E-state index is 16.4. The number of hydrogen-bond donors (Lipinski definition) is 1. The summed E-state index contributed by atoms with van der Waals surface area (Å²) in [4.78, 5) is 11.3. The molecule has 0 amide bonds. The van der Waals surface area contributed by atoms with Crippen LogP contribution in [0.15, 0.2) is 30.5 Å². The van der Waals surface area contributed by atoms with Gasteiger partial charge in [-0.1, -0.05) is 18.2 Å². The topological polar surface area (TPSA) is 97.3 Å². The van der Waals surface area contributed by atoms with Crippen molar-refractivity contribution in [3.05, 3.63) is 58.8 Å². The van der Waals surface area contributed by atoms with Crippen LogP contribution in [0.4, 0.5) is 13.8 Å². The van der Waals surface area contributed by atoms with Gasteiger partial charge in [-0.05, 0) is 48.6 Å². The number of thiophene rings is 1. The number of halogens is 2. The summed E-state index contributed by atoms with van der Waals surface area (Å²) in [5, 5.41) is 10.8. The van der Waals surface area contributed by atoms with Crippen LogP contribution in [0.2, 0.25) is 0 Å². The molecule has 2 N–H and O–H groups in total. The molecular formula is C28H23F2N5O2S. The lowest BCUT2D eigenvalue weighted by atomic mass is 9.91. The summed E-state index contributed by atoms with van der Waals surface area (Å²) in [5.41, 5.74) is 9.39. The van der Waals surface area contributed by atoms with Crippen LogP contribution in [0, 0.1) is 23.0 Å². The van der Waals surface area contributed by atoms with E-state index in [-0.39, 0.29) is 51.1 Å². The number of rotatable bonds is 4. The van der Waals surface area contributed by atoms with Gasteiger partial charge in [-0.3, -0.25) is 4.90 Å². The Morgan fingerprint density at radius 3 is 2.97 bits per heavy atom. The zero-order valence-corrected chi connectivity index (χ0v) is 21.3. The summed E-state index contributed by atoms with van der Waals surface area (Å²) in [5.74, 6) is -1.10. The number of anilines is 1. The molecule has 1 atom stereocenters. The Morgan fingerprint density at radius 1 is 1.29 bits per heavy atom. The monoisotopic (exact) mass is 531 g/mol. The second-order valence-corrected chi connectivity index (χ2v) is 11.3. The van der Waals surface area contributed by atoms with Crippen LogP contribution in [-0.4, -0.2) is 40.1 Å². The Balaban J connectivity index is 1.37. The minimum atomic E-state index is -0.590. The number of hydrogen-bond acceptors (Lipinski definition) is 8. The Kier molecular flexibility index (Phi) is 5.20. The number of nitrogens with two attached hydrogens (primary N) is 1. The summed E-state index contributed by atoms with van der Waals surface area (Å²) in [6.45, 7) is 6.89. The normalized spacial score (nSPS) is 20.8. The van der Waals surface area contributed by atoms with Crippen LogP contribution in [-0.2, 0) is 18.0 Å². The quantitative estimate of drug-likeness (QED) is 0.350. The van der Waals surface area contributed by atoms with Crippen molar-refractivity contribution in [1.82, 2.24) is 14.9 Å². The molecule has 2 fully saturated rings. The molecule has 5 heterocycles. The molecule has 7 rings (SSSR count). The lowest BCUT2D eigenvalue weighted by molar-refractivity contribution is 0.108. The largest absolute Gasteiger partial charge is 0.461 e. The molecule has 0 saturated carbocycles. The van der Waals surface area contributed by atoms with Gasteiger partial charge in [-0.2, -0.15) is 10.2 Å². The highest BCUT2D eigenvalue weighted by Gasteiger charge is 2.46. The number of nitriles is 1. The van der Waals surface area contributed by atoms with Gasteiger partial charge in [0.1, 0.15) is 29.0 Å². The highest BCUT2D eigenvalue weighted by Crippen LogP contribution is 2.46. The minimum absolute atomic E-state index is 0.0988. The number of benzene rings is 2. The second kappa shape index (κ2) is 8.43. The van der Waals surface area contributed by atoms with Crippen molar-refractivity contribution >= 4 is 37.3 Å².